The average Bonchev–Trinajstić information content (AvgIpc) is 3.30. The molecule has 172 valence electrons. The molecular weight excluding hydrogens is 430 g/mol. The molecule has 8 heteroatoms. The molecule has 4 rings (SSSR count). The largest absolute Gasteiger partial charge is 0.319 e. The van der Waals surface area contributed by atoms with Crippen LogP contribution in [0.5, 0.6) is 0 Å². The number of aryl methyl sites for hydroxylation is 3. The zero-order valence-electron chi connectivity index (χ0n) is 19.4. The molecule has 0 bridgehead atoms. The van der Waals surface area contributed by atoms with Crippen molar-refractivity contribution in [1.82, 2.24) is 14.6 Å². The van der Waals surface area contributed by atoms with Crippen molar-refractivity contribution in [1.29, 1.82) is 0 Å². The van der Waals surface area contributed by atoms with E-state index in [0.29, 0.717) is 11.3 Å². The summed E-state index contributed by atoms with van der Waals surface area (Å²) >= 11 is 0. The number of aromatic nitrogens is 2. The molecule has 2 aromatic carbocycles. The molecule has 1 N–H and O–H groups in total. The summed E-state index contributed by atoms with van der Waals surface area (Å²) < 4.78 is 4.04. The van der Waals surface area contributed by atoms with Gasteiger partial charge in [0.15, 0.2) is 0 Å². The Bertz CT molecular complexity index is 1390. The number of hydrogen-bond acceptors (Lipinski definition) is 4. The SMILES string of the molecule is Cc1ccc(C)n1-c1ccc(C(=O)N/N=C\c2cc(C)n(-c3cccc([N+](=O)[O-])c3)c2C)cc1. The Hall–Kier alpha value is -4.46. The predicted octanol–water partition coefficient (Wildman–Crippen LogP) is 5.17. The Morgan fingerprint density at radius 2 is 1.56 bits per heavy atom. The average molecular weight is 456 g/mol. The normalized spacial score (nSPS) is 11.2. The van der Waals surface area contributed by atoms with Crippen molar-refractivity contribution in [2.75, 3.05) is 0 Å². The maximum atomic E-state index is 12.5. The Balaban J connectivity index is 1.49. The molecule has 0 aliphatic rings. The van der Waals surface area contributed by atoms with Crippen molar-refractivity contribution < 1.29 is 9.72 Å². The summed E-state index contributed by atoms with van der Waals surface area (Å²) in [4.78, 5) is 23.3. The molecular formula is C26H25N5O3. The molecule has 0 fully saturated rings. The van der Waals surface area contributed by atoms with E-state index in [1.165, 1.54) is 12.1 Å². The van der Waals surface area contributed by atoms with Gasteiger partial charge in [-0.1, -0.05) is 6.07 Å². The standard InChI is InChI=1S/C26H25N5O3/c1-17-8-9-18(2)29(17)23-12-10-21(11-13-23)26(32)28-27-16-22-14-19(3)30(20(22)4)24-6-5-7-25(15-24)31(33)34/h5-16H,1-4H3,(H,28,32)/b27-16-. The van der Waals surface area contributed by atoms with Gasteiger partial charge in [-0.2, -0.15) is 5.10 Å². The highest BCUT2D eigenvalue weighted by molar-refractivity contribution is 5.95. The molecule has 0 saturated carbocycles. The van der Waals surface area contributed by atoms with Crippen LogP contribution < -0.4 is 5.43 Å². The molecule has 2 heterocycles. The van der Waals surface area contributed by atoms with Crippen LogP contribution in [0.2, 0.25) is 0 Å². The zero-order valence-corrected chi connectivity index (χ0v) is 19.4. The molecule has 1 amide bonds. The molecule has 2 aromatic heterocycles. The molecule has 0 aliphatic carbocycles. The van der Waals surface area contributed by atoms with Crippen molar-refractivity contribution in [3.63, 3.8) is 0 Å². The van der Waals surface area contributed by atoms with Crippen molar-refractivity contribution in [3.05, 3.63) is 111 Å². The van der Waals surface area contributed by atoms with Crippen LogP contribution in [0.3, 0.4) is 0 Å². The number of nitrogens with zero attached hydrogens (tertiary/aromatic N) is 4. The Labute approximate surface area is 197 Å². The van der Waals surface area contributed by atoms with Gasteiger partial charge in [-0.3, -0.25) is 14.9 Å². The first kappa shape index (κ1) is 22.7. The second kappa shape index (κ2) is 9.19. The third kappa shape index (κ3) is 4.38. The van der Waals surface area contributed by atoms with E-state index in [2.05, 4.69) is 27.2 Å². The molecule has 0 saturated heterocycles. The van der Waals surface area contributed by atoms with E-state index in [4.69, 9.17) is 0 Å². The number of carbonyl (C=O) groups excluding carboxylic acids is 1. The molecule has 0 atom stereocenters. The molecule has 0 spiro atoms. The number of nitro groups is 1. The van der Waals surface area contributed by atoms with Gasteiger partial charge in [0.25, 0.3) is 11.6 Å². The number of nitro benzene ring substituents is 1. The molecule has 8 nitrogen and oxygen atoms in total. The fraction of sp³-hybridized carbons (Fsp3) is 0.154. The highest BCUT2D eigenvalue weighted by Crippen LogP contribution is 2.23. The zero-order chi connectivity index (χ0) is 24.4. The van der Waals surface area contributed by atoms with Crippen LogP contribution in [0, 0.1) is 37.8 Å². The van der Waals surface area contributed by atoms with Gasteiger partial charge in [0.1, 0.15) is 0 Å². The summed E-state index contributed by atoms with van der Waals surface area (Å²) in [6.45, 7) is 7.90. The number of hydrogen-bond donors (Lipinski definition) is 1. The van der Waals surface area contributed by atoms with E-state index < -0.39 is 4.92 Å². The second-order valence-electron chi connectivity index (χ2n) is 8.14. The van der Waals surface area contributed by atoms with E-state index in [1.54, 1.807) is 24.4 Å². The summed E-state index contributed by atoms with van der Waals surface area (Å²) in [5.74, 6) is -0.309. The minimum Gasteiger partial charge on any atom is -0.319 e. The van der Waals surface area contributed by atoms with Crippen LogP contribution in [0.4, 0.5) is 5.69 Å². The predicted molar refractivity (Wildman–Crippen MR) is 132 cm³/mol. The third-order valence-electron chi connectivity index (χ3n) is 5.80. The number of benzene rings is 2. The third-order valence-corrected chi connectivity index (χ3v) is 5.80. The van der Waals surface area contributed by atoms with Gasteiger partial charge in [0, 0.05) is 51.7 Å². The van der Waals surface area contributed by atoms with Gasteiger partial charge < -0.3 is 9.13 Å². The van der Waals surface area contributed by atoms with Gasteiger partial charge in [-0.05, 0) is 76.2 Å². The Kier molecular flexibility index (Phi) is 6.14. The van der Waals surface area contributed by atoms with Gasteiger partial charge in [-0.15, -0.1) is 0 Å². The van der Waals surface area contributed by atoms with Gasteiger partial charge >= 0.3 is 0 Å². The van der Waals surface area contributed by atoms with Gasteiger partial charge in [-0.25, -0.2) is 5.43 Å². The topological polar surface area (TPSA) is 94.5 Å². The van der Waals surface area contributed by atoms with E-state index >= 15 is 0 Å². The first-order chi connectivity index (χ1) is 16.3. The minimum atomic E-state index is -0.414. The van der Waals surface area contributed by atoms with Crippen molar-refractivity contribution in [2.45, 2.75) is 27.7 Å². The van der Waals surface area contributed by atoms with E-state index in [-0.39, 0.29) is 11.6 Å². The fourth-order valence-electron chi connectivity index (χ4n) is 4.12. The first-order valence-corrected chi connectivity index (χ1v) is 10.8. The second-order valence-corrected chi connectivity index (χ2v) is 8.14. The lowest BCUT2D eigenvalue weighted by molar-refractivity contribution is -0.384. The molecule has 4 aromatic rings. The van der Waals surface area contributed by atoms with Crippen molar-refractivity contribution in [3.8, 4) is 11.4 Å². The van der Waals surface area contributed by atoms with Crippen molar-refractivity contribution in [2.24, 2.45) is 5.10 Å². The Morgan fingerprint density at radius 1 is 0.882 bits per heavy atom. The number of nitrogens with one attached hydrogen (secondary N) is 1. The van der Waals surface area contributed by atoms with Crippen molar-refractivity contribution >= 4 is 17.8 Å². The van der Waals surface area contributed by atoms with E-state index in [9.17, 15) is 14.9 Å². The lowest BCUT2D eigenvalue weighted by Crippen LogP contribution is -2.17. The quantitative estimate of drug-likeness (QED) is 0.247. The summed E-state index contributed by atoms with van der Waals surface area (Å²) in [5.41, 5.74) is 9.61. The lowest BCUT2D eigenvalue weighted by atomic mass is 10.2. The van der Waals surface area contributed by atoms with Gasteiger partial charge in [0.2, 0.25) is 0 Å². The summed E-state index contributed by atoms with van der Waals surface area (Å²) in [6.07, 6.45) is 1.58. The summed E-state index contributed by atoms with van der Waals surface area (Å²) in [7, 11) is 0. The number of hydrazone groups is 1. The van der Waals surface area contributed by atoms with Crippen LogP contribution in [-0.4, -0.2) is 26.2 Å². The smallest absolute Gasteiger partial charge is 0.271 e. The van der Waals surface area contributed by atoms with E-state index in [1.807, 2.05) is 56.5 Å². The number of carbonyl (C=O) groups is 1. The van der Waals surface area contributed by atoms with Crippen LogP contribution in [-0.2, 0) is 0 Å². The highest BCUT2D eigenvalue weighted by atomic mass is 16.6. The number of amides is 1. The first-order valence-electron chi connectivity index (χ1n) is 10.8. The van der Waals surface area contributed by atoms with Crippen LogP contribution in [0.1, 0.15) is 38.7 Å². The summed E-state index contributed by atoms with van der Waals surface area (Å²) in [6, 6.07) is 19.9. The van der Waals surface area contributed by atoms with Crippen LogP contribution >= 0.6 is 0 Å². The van der Waals surface area contributed by atoms with Crippen LogP contribution in [0.15, 0.2) is 71.8 Å². The maximum Gasteiger partial charge on any atom is 0.271 e. The maximum absolute atomic E-state index is 12.5. The molecule has 0 aliphatic heterocycles. The molecule has 0 unspecified atom stereocenters. The molecule has 0 radical (unpaired) electrons. The van der Waals surface area contributed by atoms with Crippen LogP contribution in [0.25, 0.3) is 11.4 Å². The van der Waals surface area contributed by atoms with Gasteiger partial charge in [0.05, 0.1) is 16.8 Å². The highest BCUT2D eigenvalue weighted by Gasteiger charge is 2.13. The minimum absolute atomic E-state index is 0.0283. The fourth-order valence-corrected chi connectivity index (χ4v) is 4.12. The number of rotatable bonds is 6. The Morgan fingerprint density at radius 3 is 2.21 bits per heavy atom. The summed E-state index contributed by atoms with van der Waals surface area (Å²) in [5, 5.41) is 15.2. The lowest BCUT2D eigenvalue weighted by Gasteiger charge is -2.10. The number of non-ortho nitro benzene ring substituents is 1. The molecule has 34 heavy (non-hydrogen) atoms. The van der Waals surface area contributed by atoms with E-state index in [0.717, 1.165) is 34.0 Å². The monoisotopic (exact) mass is 455 g/mol.